The van der Waals surface area contributed by atoms with Crippen molar-refractivity contribution in [3.8, 4) is 0 Å². The molecule has 0 aliphatic carbocycles. The summed E-state index contributed by atoms with van der Waals surface area (Å²) in [6.07, 6.45) is 8.98. The van der Waals surface area contributed by atoms with Gasteiger partial charge in [0.2, 0.25) is 15.8 Å². The number of aromatic nitrogens is 2. The van der Waals surface area contributed by atoms with E-state index in [1.807, 2.05) is 35.2 Å². The van der Waals surface area contributed by atoms with E-state index in [-0.39, 0.29) is 5.91 Å². The van der Waals surface area contributed by atoms with Gasteiger partial charge in [-0.15, -0.1) is 0 Å². The zero-order valence-electron chi connectivity index (χ0n) is 25.7. The molecular formula is C33H47N5O3S. The predicted octanol–water partition coefficient (Wildman–Crippen LogP) is 7.09. The first-order valence-electron chi connectivity index (χ1n) is 15.7. The number of aryl methyl sites for hydroxylation is 1. The van der Waals surface area contributed by atoms with E-state index >= 15 is 0 Å². The second-order valence-electron chi connectivity index (χ2n) is 11.2. The summed E-state index contributed by atoms with van der Waals surface area (Å²) in [4.78, 5) is 23.3. The molecule has 1 N–H and O–H groups in total. The number of amides is 1. The van der Waals surface area contributed by atoms with Gasteiger partial charge in [0, 0.05) is 36.3 Å². The van der Waals surface area contributed by atoms with E-state index in [1.54, 1.807) is 12.1 Å². The van der Waals surface area contributed by atoms with Crippen LogP contribution >= 0.6 is 0 Å². The molecule has 0 saturated heterocycles. The minimum Gasteiger partial charge on any atom is -0.339 e. The standard InChI is InChI=1S/C33H47N5O3S/c1-5-9-18-36(8-4)19-12-22-38-30-24-27(32(39)37(20-10-6-2)21-11-7-3)14-16-29(30)35-33(38)34-28-15-13-26-17-23-42(40,41)31(26)25-28/h13-17,23-25H,5-12,18-22H2,1-4H3,(H,34,35). The Hall–Kier alpha value is -3.17. The van der Waals surface area contributed by atoms with Crippen LogP contribution in [0.5, 0.6) is 0 Å². The quantitative estimate of drug-likeness (QED) is 0.180. The van der Waals surface area contributed by atoms with E-state index in [9.17, 15) is 13.2 Å². The summed E-state index contributed by atoms with van der Waals surface area (Å²) in [5.41, 5.74) is 3.74. The molecule has 4 rings (SSSR count). The summed E-state index contributed by atoms with van der Waals surface area (Å²) in [6, 6.07) is 11.2. The van der Waals surface area contributed by atoms with Crippen LogP contribution in [-0.4, -0.2) is 66.4 Å². The van der Waals surface area contributed by atoms with Gasteiger partial charge in [-0.2, -0.15) is 0 Å². The molecule has 1 aliphatic heterocycles. The maximum atomic E-state index is 13.6. The van der Waals surface area contributed by atoms with Gasteiger partial charge in [-0.05, 0) is 87.3 Å². The average molecular weight is 594 g/mol. The highest BCUT2D eigenvalue weighted by Crippen LogP contribution is 2.31. The molecule has 3 aromatic rings. The first kappa shape index (κ1) is 31.8. The molecule has 0 unspecified atom stereocenters. The van der Waals surface area contributed by atoms with Crippen molar-refractivity contribution >= 4 is 44.5 Å². The van der Waals surface area contributed by atoms with Crippen molar-refractivity contribution in [1.29, 1.82) is 0 Å². The molecule has 0 radical (unpaired) electrons. The Morgan fingerprint density at radius 1 is 0.881 bits per heavy atom. The van der Waals surface area contributed by atoms with Gasteiger partial charge in [-0.1, -0.05) is 53.0 Å². The van der Waals surface area contributed by atoms with E-state index in [0.29, 0.717) is 27.7 Å². The van der Waals surface area contributed by atoms with Crippen molar-refractivity contribution in [2.75, 3.05) is 38.0 Å². The molecule has 0 atom stereocenters. The minimum atomic E-state index is -3.42. The van der Waals surface area contributed by atoms with Gasteiger partial charge in [0.25, 0.3) is 5.91 Å². The Labute approximate surface area is 251 Å². The van der Waals surface area contributed by atoms with Crippen LogP contribution < -0.4 is 5.32 Å². The van der Waals surface area contributed by atoms with Crippen LogP contribution in [0.2, 0.25) is 0 Å². The highest BCUT2D eigenvalue weighted by Gasteiger charge is 2.22. The lowest BCUT2D eigenvalue weighted by atomic mass is 10.1. The number of anilines is 2. The molecule has 0 fully saturated rings. The molecule has 1 amide bonds. The number of nitrogens with zero attached hydrogens (tertiary/aromatic N) is 4. The maximum absolute atomic E-state index is 13.6. The number of nitrogens with one attached hydrogen (secondary N) is 1. The van der Waals surface area contributed by atoms with Gasteiger partial charge >= 0.3 is 0 Å². The van der Waals surface area contributed by atoms with Crippen molar-refractivity contribution in [2.45, 2.75) is 84.1 Å². The Balaban J connectivity index is 1.66. The number of imidazole rings is 1. The van der Waals surface area contributed by atoms with Gasteiger partial charge in [-0.25, -0.2) is 13.4 Å². The first-order chi connectivity index (χ1) is 20.3. The van der Waals surface area contributed by atoms with Gasteiger partial charge < -0.3 is 19.7 Å². The zero-order valence-corrected chi connectivity index (χ0v) is 26.5. The smallest absolute Gasteiger partial charge is 0.253 e. The van der Waals surface area contributed by atoms with Crippen molar-refractivity contribution in [2.24, 2.45) is 0 Å². The normalized spacial score (nSPS) is 13.6. The number of fused-ring (bicyclic) bond motifs is 2. The molecule has 2 heterocycles. The maximum Gasteiger partial charge on any atom is 0.253 e. The Morgan fingerprint density at radius 2 is 1.57 bits per heavy atom. The molecule has 42 heavy (non-hydrogen) atoms. The Morgan fingerprint density at radius 3 is 2.26 bits per heavy atom. The lowest BCUT2D eigenvalue weighted by Crippen LogP contribution is -2.33. The molecule has 9 heteroatoms. The largest absolute Gasteiger partial charge is 0.339 e. The molecule has 2 aromatic carbocycles. The molecular weight excluding hydrogens is 546 g/mol. The lowest BCUT2D eigenvalue weighted by molar-refractivity contribution is 0.0751. The summed E-state index contributed by atoms with van der Waals surface area (Å²) >= 11 is 0. The van der Waals surface area contributed by atoms with E-state index in [2.05, 4.69) is 42.5 Å². The molecule has 1 aliphatic rings. The van der Waals surface area contributed by atoms with Crippen LogP contribution in [-0.2, 0) is 16.4 Å². The van der Waals surface area contributed by atoms with E-state index < -0.39 is 9.84 Å². The topological polar surface area (TPSA) is 87.5 Å². The SMILES string of the molecule is CCCCN(CC)CCCn1c(Nc2ccc3c(c2)S(=O)(=O)C=C3)nc2ccc(C(=O)N(CCCC)CCCC)cc21. The summed E-state index contributed by atoms with van der Waals surface area (Å²) in [5.74, 6) is 0.706. The van der Waals surface area contributed by atoms with Crippen molar-refractivity contribution in [3.63, 3.8) is 0 Å². The third-order valence-electron chi connectivity index (χ3n) is 7.98. The van der Waals surface area contributed by atoms with Crippen LogP contribution in [0.3, 0.4) is 0 Å². The molecule has 1 aromatic heterocycles. The summed E-state index contributed by atoms with van der Waals surface area (Å²) < 4.78 is 27.1. The van der Waals surface area contributed by atoms with Crippen LogP contribution in [0.4, 0.5) is 11.6 Å². The molecule has 0 bridgehead atoms. The second kappa shape index (κ2) is 14.8. The van der Waals surface area contributed by atoms with Gasteiger partial charge in [-0.3, -0.25) is 4.79 Å². The van der Waals surface area contributed by atoms with Gasteiger partial charge in [0.1, 0.15) is 0 Å². The summed E-state index contributed by atoms with van der Waals surface area (Å²) in [7, 11) is -3.42. The third-order valence-corrected chi connectivity index (χ3v) is 9.44. The minimum absolute atomic E-state index is 0.0640. The fourth-order valence-electron chi connectivity index (χ4n) is 5.40. The van der Waals surface area contributed by atoms with Gasteiger partial charge in [0.15, 0.2) is 0 Å². The number of carbonyl (C=O) groups excluding carboxylic acids is 1. The van der Waals surface area contributed by atoms with Crippen molar-refractivity contribution in [3.05, 3.63) is 52.9 Å². The van der Waals surface area contributed by atoms with Gasteiger partial charge in [0.05, 0.1) is 15.9 Å². The molecule has 0 saturated carbocycles. The third kappa shape index (κ3) is 7.61. The van der Waals surface area contributed by atoms with Crippen LogP contribution in [0.15, 0.2) is 46.7 Å². The predicted molar refractivity (Wildman–Crippen MR) is 173 cm³/mol. The van der Waals surface area contributed by atoms with E-state index in [4.69, 9.17) is 4.98 Å². The summed E-state index contributed by atoms with van der Waals surface area (Å²) in [5, 5.41) is 4.64. The lowest BCUT2D eigenvalue weighted by Gasteiger charge is -2.23. The fourth-order valence-corrected chi connectivity index (χ4v) is 6.62. The number of hydrogen-bond donors (Lipinski definition) is 1. The van der Waals surface area contributed by atoms with E-state index in [0.717, 1.165) is 82.4 Å². The van der Waals surface area contributed by atoms with E-state index in [1.165, 1.54) is 18.2 Å². The molecule has 0 spiro atoms. The van der Waals surface area contributed by atoms with Crippen molar-refractivity contribution in [1.82, 2.24) is 19.4 Å². The highest BCUT2D eigenvalue weighted by atomic mass is 32.2. The monoisotopic (exact) mass is 593 g/mol. The Kier molecular flexibility index (Phi) is 11.2. The molecule has 228 valence electrons. The number of hydrogen-bond acceptors (Lipinski definition) is 6. The second-order valence-corrected chi connectivity index (χ2v) is 13.0. The number of benzene rings is 2. The van der Waals surface area contributed by atoms with Crippen LogP contribution in [0.1, 0.15) is 88.6 Å². The van der Waals surface area contributed by atoms with Crippen LogP contribution in [0.25, 0.3) is 17.1 Å². The van der Waals surface area contributed by atoms with Crippen LogP contribution in [0, 0.1) is 0 Å². The number of unbranched alkanes of at least 4 members (excludes halogenated alkanes) is 3. The summed E-state index contributed by atoms with van der Waals surface area (Å²) in [6.45, 7) is 14.0. The number of carbonyl (C=O) groups is 1. The zero-order chi connectivity index (χ0) is 30.1. The number of rotatable bonds is 17. The average Bonchev–Trinajstić information content (AvgIpc) is 3.49. The molecule has 8 nitrogen and oxygen atoms in total. The first-order valence-corrected chi connectivity index (χ1v) is 17.2. The van der Waals surface area contributed by atoms with Crippen molar-refractivity contribution < 1.29 is 13.2 Å². The Bertz CT molecular complexity index is 1490. The fraction of sp³-hybridized carbons (Fsp3) is 0.515. The highest BCUT2D eigenvalue weighted by molar-refractivity contribution is 7.94. The number of sulfone groups is 1.